The van der Waals surface area contributed by atoms with Crippen LogP contribution >= 0.6 is 0 Å². The van der Waals surface area contributed by atoms with Crippen LogP contribution in [-0.2, 0) is 11.3 Å². The minimum atomic E-state index is -0.968. The second-order valence-corrected chi connectivity index (χ2v) is 4.66. The largest absolute Gasteiger partial charge is 0.478 e. The van der Waals surface area contributed by atoms with E-state index in [0.717, 1.165) is 0 Å². The number of furan rings is 1. The molecule has 94 valence electrons. The Labute approximate surface area is 104 Å². The van der Waals surface area contributed by atoms with E-state index in [2.05, 4.69) is 0 Å². The van der Waals surface area contributed by atoms with Crippen LogP contribution in [0.1, 0.15) is 29.0 Å². The molecular weight excluding hydrogens is 232 g/mol. The highest BCUT2D eigenvalue weighted by molar-refractivity contribution is 6.03. The van der Waals surface area contributed by atoms with Gasteiger partial charge in [-0.2, -0.15) is 0 Å². The van der Waals surface area contributed by atoms with E-state index in [0.29, 0.717) is 29.3 Å². The van der Waals surface area contributed by atoms with Crippen molar-refractivity contribution in [2.75, 3.05) is 6.61 Å². The number of fused-ring (bicyclic) bond motifs is 1. The first-order chi connectivity index (χ1) is 8.75. The number of carbonyl (C=O) groups is 1. The summed E-state index contributed by atoms with van der Waals surface area (Å²) in [6.45, 7) is 0.920. The number of carboxylic acids is 1. The third-order valence-corrected chi connectivity index (χ3v) is 3.17. The fourth-order valence-electron chi connectivity index (χ4n) is 2.04. The van der Waals surface area contributed by atoms with Gasteiger partial charge >= 0.3 is 5.97 Å². The fraction of sp³-hybridized carbons (Fsp3) is 0.357. The summed E-state index contributed by atoms with van der Waals surface area (Å²) in [5.41, 5.74) is 0.821. The van der Waals surface area contributed by atoms with Gasteiger partial charge in [-0.1, -0.05) is 18.2 Å². The van der Waals surface area contributed by atoms with E-state index in [1.807, 2.05) is 6.07 Å². The SMILES string of the molecule is O=C(O)c1c(COCC2CC2)oc2ccccc12. The zero-order valence-electron chi connectivity index (χ0n) is 9.89. The van der Waals surface area contributed by atoms with Crippen LogP contribution in [0.3, 0.4) is 0 Å². The second kappa shape index (κ2) is 4.46. The van der Waals surface area contributed by atoms with E-state index < -0.39 is 5.97 Å². The normalized spacial score (nSPS) is 15.1. The monoisotopic (exact) mass is 246 g/mol. The Balaban J connectivity index is 1.88. The van der Waals surface area contributed by atoms with Gasteiger partial charge in [0.25, 0.3) is 0 Å². The van der Waals surface area contributed by atoms with Crippen molar-refractivity contribution in [3.8, 4) is 0 Å². The summed E-state index contributed by atoms with van der Waals surface area (Å²) in [5.74, 6) is 0.0944. The van der Waals surface area contributed by atoms with Crippen LogP contribution in [0.25, 0.3) is 11.0 Å². The number of rotatable bonds is 5. The Hall–Kier alpha value is -1.81. The maximum atomic E-state index is 11.3. The summed E-state index contributed by atoms with van der Waals surface area (Å²) in [7, 11) is 0. The first-order valence-electron chi connectivity index (χ1n) is 6.07. The molecule has 0 atom stereocenters. The number of benzene rings is 1. The summed E-state index contributed by atoms with van der Waals surface area (Å²) < 4.78 is 11.1. The third-order valence-electron chi connectivity index (χ3n) is 3.17. The van der Waals surface area contributed by atoms with Gasteiger partial charge in [0.15, 0.2) is 0 Å². The van der Waals surface area contributed by atoms with E-state index in [1.165, 1.54) is 12.8 Å². The highest BCUT2D eigenvalue weighted by atomic mass is 16.5. The first kappa shape index (κ1) is 11.3. The molecule has 4 nitrogen and oxygen atoms in total. The van der Waals surface area contributed by atoms with Crippen molar-refractivity contribution < 1.29 is 19.1 Å². The van der Waals surface area contributed by atoms with Gasteiger partial charge < -0.3 is 14.3 Å². The molecule has 0 spiro atoms. The molecule has 0 saturated heterocycles. The lowest BCUT2D eigenvalue weighted by atomic mass is 10.1. The van der Waals surface area contributed by atoms with Crippen molar-refractivity contribution >= 4 is 16.9 Å². The van der Waals surface area contributed by atoms with Gasteiger partial charge in [-0.25, -0.2) is 4.79 Å². The predicted octanol–water partition coefficient (Wildman–Crippen LogP) is 3.06. The van der Waals surface area contributed by atoms with Crippen molar-refractivity contribution in [3.05, 3.63) is 35.6 Å². The molecule has 1 aromatic carbocycles. The van der Waals surface area contributed by atoms with Crippen LogP contribution < -0.4 is 0 Å². The molecule has 1 saturated carbocycles. The van der Waals surface area contributed by atoms with E-state index >= 15 is 0 Å². The van der Waals surface area contributed by atoms with Crippen LogP contribution in [0.2, 0.25) is 0 Å². The average Bonchev–Trinajstić information content (AvgIpc) is 3.08. The van der Waals surface area contributed by atoms with E-state index in [4.69, 9.17) is 9.15 Å². The van der Waals surface area contributed by atoms with Crippen LogP contribution in [0.5, 0.6) is 0 Å². The zero-order chi connectivity index (χ0) is 12.5. The number of para-hydroxylation sites is 1. The molecule has 0 radical (unpaired) electrons. The lowest BCUT2D eigenvalue weighted by Crippen LogP contribution is -2.03. The van der Waals surface area contributed by atoms with Crippen molar-refractivity contribution in [1.82, 2.24) is 0 Å². The van der Waals surface area contributed by atoms with Crippen molar-refractivity contribution in [3.63, 3.8) is 0 Å². The van der Waals surface area contributed by atoms with Crippen molar-refractivity contribution in [2.24, 2.45) is 5.92 Å². The lowest BCUT2D eigenvalue weighted by Gasteiger charge is -2.01. The summed E-state index contributed by atoms with van der Waals surface area (Å²) in [5, 5.41) is 9.89. The molecule has 1 fully saturated rings. The van der Waals surface area contributed by atoms with Crippen molar-refractivity contribution in [2.45, 2.75) is 19.4 Å². The van der Waals surface area contributed by atoms with Crippen LogP contribution in [0.4, 0.5) is 0 Å². The number of ether oxygens (including phenoxy) is 1. The number of hydrogen-bond donors (Lipinski definition) is 1. The maximum absolute atomic E-state index is 11.3. The lowest BCUT2D eigenvalue weighted by molar-refractivity contribution is 0.0677. The Morgan fingerprint density at radius 1 is 1.39 bits per heavy atom. The quantitative estimate of drug-likeness (QED) is 0.880. The second-order valence-electron chi connectivity index (χ2n) is 4.66. The zero-order valence-corrected chi connectivity index (χ0v) is 9.89. The van der Waals surface area contributed by atoms with Gasteiger partial charge in [-0.05, 0) is 24.8 Å². The van der Waals surface area contributed by atoms with Gasteiger partial charge in [0, 0.05) is 12.0 Å². The van der Waals surface area contributed by atoms with Crippen LogP contribution in [0.15, 0.2) is 28.7 Å². The van der Waals surface area contributed by atoms with Gasteiger partial charge in [0.05, 0.1) is 0 Å². The highest BCUT2D eigenvalue weighted by Gasteiger charge is 2.23. The molecule has 0 amide bonds. The van der Waals surface area contributed by atoms with Gasteiger partial charge in [-0.3, -0.25) is 0 Å². The van der Waals surface area contributed by atoms with Gasteiger partial charge in [-0.15, -0.1) is 0 Å². The molecule has 0 aliphatic heterocycles. The minimum absolute atomic E-state index is 0.224. The molecule has 1 heterocycles. The standard InChI is InChI=1S/C14H14O4/c15-14(16)13-10-3-1-2-4-11(10)18-12(13)8-17-7-9-5-6-9/h1-4,9H,5-8H2,(H,15,16). The van der Waals surface area contributed by atoms with E-state index in [9.17, 15) is 9.90 Å². The predicted molar refractivity (Wildman–Crippen MR) is 65.6 cm³/mol. The molecule has 2 aromatic rings. The minimum Gasteiger partial charge on any atom is -0.478 e. The molecule has 0 unspecified atom stereocenters. The van der Waals surface area contributed by atoms with Gasteiger partial charge in [0.1, 0.15) is 23.5 Å². The first-order valence-corrected chi connectivity index (χ1v) is 6.07. The maximum Gasteiger partial charge on any atom is 0.340 e. The summed E-state index contributed by atoms with van der Waals surface area (Å²) >= 11 is 0. The number of carboxylic acid groups (broad SMARTS) is 1. The molecule has 0 bridgehead atoms. The van der Waals surface area contributed by atoms with E-state index in [1.54, 1.807) is 18.2 Å². The fourth-order valence-corrected chi connectivity index (χ4v) is 2.04. The summed E-state index contributed by atoms with van der Waals surface area (Å²) in [6, 6.07) is 7.16. The molecule has 18 heavy (non-hydrogen) atoms. The van der Waals surface area contributed by atoms with Crippen LogP contribution in [0, 0.1) is 5.92 Å². The van der Waals surface area contributed by atoms with E-state index in [-0.39, 0.29) is 12.2 Å². The summed E-state index contributed by atoms with van der Waals surface area (Å²) in [6.07, 6.45) is 2.43. The number of aromatic carboxylic acids is 1. The van der Waals surface area contributed by atoms with Gasteiger partial charge in [0.2, 0.25) is 0 Å². The average molecular weight is 246 g/mol. The number of hydrogen-bond acceptors (Lipinski definition) is 3. The molecule has 1 N–H and O–H groups in total. The molecule has 1 aromatic heterocycles. The Morgan fingerprint density at radius 3 is 2.89 bits per heavy atom. The molecule has 1 aliphatic carbocycles. The molecular formula is C14H14O4. The highest BCUT2D eigenvalue weighted by Crippen LogP contribution is 2.30. The van der Waals surface area contributed by atoms with Crippen LogP contribution in [-0.4, -0.2) is 17.7 Å². The van der Waals surface area contributed by atoms with Crippen molar-refractivity contribution in [1.29, 1.82) is 0 Å². The molecule has 3 rings (SSSR count). The summed E-state index contributed by atoms with van der Waals surface area (Å²) in [4.78, 5) is 11.3. The Morgan fingerprint density at radius 2 is 2.17 bits per heavy atom. The Kier molecular flexibility index (Phi) is 2.80. The Bertz CT molecular complexity index is 580. The molecule has 1 aliphatic rings. The smallest absolute Gasteiger partial charge is 0.340 e. The topological polar surface area (TPSA) is 59.7 Å². The molecule has 4 heteroatoms. The third kappa shape index (κ3) is 2.11.